The van der Waals surface area contributed by atoms with Crippen LogP contribution in [0.3, 0.4) is 0 Å². The summed E-state index contributed by atoms with van der Waals surface area (Å²) in [6.45, 7) is 9.14. The van der Waals surface area contributed by atoms with Crippen LogP contribution in [0.25, 0.3) is 0 Å². The van der Waals surface area contributed by atoms with Gasteiger partial charge in [0.25, 0.3) is 0 Å². The van der Waals surface area contributed by atoms with Gasteiger partial charge in [-0.25, -0.2) is 0 Å². The first-order chi connectivity index (χ1) is 12.2. The molecule has 1 aromatic rings. The second kappa shape index (κ2) is 10.4. The highest BCUT2D eigenvalue weighted by Crippen LogP contribution is 2.36. The Balaban J connectivity index is 1.97. The molecule has 5 nitrogen and oxygen atoms in total. The average Bonchev–Trinajstić information content (AvgIpc) is 2.65. The van der Waals surface area contributed by atoms with E-state index in [1.807, 2.05) is 14.0 Å². The minimum atomic E-state index is 0.104. The van der Waals surface area contributed by atoms with Crippen molar-refractivity contribution in [2.45, 2.75) is 38.5 Å². The van der Waals surface area contributed by atoms with Gasteiger partial charge in [0.05, 0.1) is 0 Å². The van der Waals surface area contributed by atoms with E-state index in [-0.39, 0.29) is 5.41 Å². The molecule has 0 unspecified atom stereocenters. The van der Waals surface area contributed by atoms with Crippen molar-refractivity contribution >= 4 is 5.96 Å². The Morgan fingerprint density at radius 3 is 2.68 bits per heavy atom. The van der Waals surface area contributed by atoms with E-state index in [1.54, 1.807) is 0 Å². The van der Waals surface area contributed by atoms with Crippen molar-refractivity contribution < 1.29 is 9.47 Å². The van der Waals surface area contributed by atoms with Crippen molar-refractivity contribution in [2.24, 2.45) is 4.99 Å². The molecule has 1 aromatic carbocycles. The third-order valence-corrected chi connectivity index (χ3v) is 4.95. The molecule has 2 N–H and O–H groups in total. The summed E-state index contributed by atoms with van der Waals surface area (Å²) in [5, 5.41) is 6.92. The molecule has 0 amide bonds. The molecule has 0 radical (unpaired) electrons. The van der Waals surface area contributed by atoms with Crippen molar-refractivity contribution in [1.82, 2.24) is 10.6 Å². The highest BCUT2D eigenvalue weighted by molar-refractivity contribution is 5.79. The lowest BCUT2D eigenvalue weighted by atomic mass is 9.72. The summed E-state index contributed by atoms with van der Waals surface area (Å²) in [5.74, 6) is 0.857. The molecule has 0 aliphatic carbocycles. The predicted molar refractivity (Wildman–Crippen MR) is 103 cm³/mol. The van der Waals surface area contributed by atoms with E-state index in [9.17, 15) is 0 Å². The summed E-state index contributed by atoms with van der Waals surface area (Å²) >= 11 is 0. The summed E-state index contributed by atoms with van der Waals surface area (Å²) < 4.78 is 11.0. The maximum Gasteiger partial charge on any atom is 0.191 e. The van der Waals surface area contributed by atoms with E-state index < -0.39 is 0 Å². The van der Waals surface area contributed by atoms with Gasteiger partial charge in [0, 0.05) is 52.0 Å². The summed E-state index contributed by atoms with van der Waals surface area (Å²) in [6, 6.07) is 8.71. The summed E-state index contributed by atoms with van der Waals surface area (Å²) in [5.41, 5.74) is 2.88. The molecule has 1 heterocycles. The van der Waals surface area contributed by atoms with Crippen LogP contribution in [0.1, 0.15) is 37.3 Å². The number of hydrogen-bond donors (Lipinski definition) is 2. The van der Waals surface area contributed by atoms with E-state index in [0.29, 0.717) is 0 Å². The summed E-state index contributed by atoms with van der Waals surface area (Å²) in [4.78, 5) is 4.36. The summed E-state index contributed by atoms with van der Waals surface area (Å²) in [6.07, 6.45) is 3.05. The number of aliphatic imine (C=N–C) groups is 1. The van der Waals surface area contributed by atoms with Gasteiger partial charge in [0.1, 0.15) is 0 Å². The molecule has 1 saturated heterocycles. The monoisotopic (exact) mass is 347 g/mol. The Hall–Kier alpha value is -1.59. The molecule has 0 saturated carbocycles. The number of nitrogens with zero attached hydrogens (tertiary/aromatic N) is 1. The van der Waals surface area contributed by atoms with Crippen molar-refractivity contribution in [3.63, 3.8) is 0 Å². The Labute approximate surface area is 152 Å². The SMILES string of the molecule is CCOCCCNC(=NC)NCC1(c2ccccc2C)CCOCC1. The molecule has 1 aliphatic heterocycles. The highest BCUT2D eigenvalue weighted by atomic mass is 16.5. The Morgan fingerprint density at radius 1 is 1.24 bits per heavy atom. The van der Waals surface area contributed by atoms with Crippen LogP contribution in [0.4, 0.5) is 0 Å². The molecule has 0 bridgehead atoms. The van der Waals surface area contributed by atoms with Gasteiger partial charge in [0.15, 0.2) is 5.96 Å². The minimum Gasteiger partial charge on any atom is -0.382 e. The van der Waals surface area contributed by atoms with Gasteiger partial charge in [-0.05, 0) is 44.2 Å². The number of rotatable bonds is 8. The molecule has 0 spiro atoms. The zero-order valence-corrected chi connectivity index (χ0v) is 15.9. The van der Waals surface area contributed by atoms with E-state index >= 15 is 0 Å². The number of aryl methyl sites for hydroxylation is 1. The quantitative estimate of drug-likeness (QED) is 0.431. The first-order valence-corrected chi connectivity index (χ1v) is 9.38. The van der Waals surface area contributed by atoms with Crippen molar-refractivity contribution in [2.75, 3.05) is 46.6 Å². The molecule has 1 fully saturated rings. The lowest BCUT2D eigenvalue weighted by Gasteiger charge is -2.39. The van der Waals surface area contributed by atoms with Gasteiger partial charge >= 0.3 is 0 Å². The first-order valence-electron chi connectivity index (χ1n) is 9.38. The van der Waals surface area contributed by atoms with Crippen LogP contribution in [0.5, 0.6) is 0 Å². The zero-order chi connectivity index (χ0) is 18.0. The predicted octanol–water partition coefficient (Wildman–Crippen LogP) is 2.63. The van der Waals surface area contributed by atoms with Crippen LogP contribution >= 0.6 is 0 Å². The number of nitrogens with one attached hydrogen (secondary N) is 2. The van der Waals surface area contributed by atoms with Crippen molar-refractivity contribution in [1.29, 1.82) is 0 Å². The Kier molecular flexibility index (Phi) is 8.22. The maximum atomic E-state index is 5.63. The van der Waals surface area contributed by atoms with Gasteiger partial charge in [-0.15, -0.1) is 0 Å². The van der Waals surface area contributed by atoms with Gasteiger partial charge in [-0.3, -0.25) is 4.99 Å². The molecular weight excluding hydrogens is 314 g/mol. The normalized spacial score (nSPS) is 17.3. The number of guanidine groups is 1. The molecule has 2 rings (SSSR count). The number of benzene rings is 1. The second-order valence-electron chi connectivity index (χ2n) is 6.61. The molecule has 1 aliphatic rings. The molecule has 0 atom stereocenters. The van der Waals surface area contributed by atoms with Gasteiger partial charge in [-0.1, -0.05) is 24.3 Å². The Bertz CT molecular complexity index is 539. The van der Waals surface area contributed by atoms with Crippen LogP contribution in [0.2, 0.25) is 0 Å². The third kappa shape index (κ3) is 5.72. The molecule has 140 valence electrons. The third-order valence-electron chi connectivity index (χ3n) is 4.95. The van der Waals surface area contributed by atoms with Crippen LogP contribution in [0.15, 0.2) is 29.3 Å². The fourth-order valence-corrected chi connectivity index (χ4v) is 3.47. The average molecular weight is 348 g/mol. The van der Waals surface area contributed by atoms with Crippen LogP contribution in [-0.2, 0) is 14.9 Å². The number of hydrogen-bond acceptors (Lipinski definition) is 3. The van der Waals surface area contributed by atoms with Crippen LogP contribution < -0.4 is 10.6 Å². The maximum absolute atomic E-state index is 5.63. The van der Waals surface area contributed by atoms with Crippen molar-refractivity contribution in [3.05, 3.63) is 35.4 Å². The first kappa shape index (κ1) is 19.7. The molecular formula is C20H33N3O2. The van der Waals surface area contributed by atoms with Gasteiger partial charge in [-0.2, -0.15) is 0 Å². The van der Waals surface area contributed by atoms with E-state index in [4.69, 9.17) is 9.47 Å². The lowest BCUT2D eigenvalue weighted by Crippen LogP contribution is -2.48. The fourth-order valence-electron chi connectivity index (χ4n) is 3.47. The molecule has 5 heteroatoms. The van der Waals surface area contributed by atoms with Crippen LogP contribution in [-0.4, -0.2) is 52.5 Å². The Morgan fingerprint density at radius 2 is 2.00 bits per heavy atom. The zero-order valence-electron chi connectivity index (χ0n) is 15.9. The van der Waals surface area contributed by atoms with Crippen LogP contribution in [0, 0.1) is 6.92 Å². The molecule has 25 heavy (non-hydrogen) atoms. The number of ether oxygens (including phenoxy) is 2. The minimum absolute atomic E-state index is 0.104. The van der Waals surface area contributed by atoms with E-state index in [1.165, 1.54) is 11.1 Å². The summed E-state index contributed by atoms with van der Waals surface area (Å²) in [7, 11) is 1.82. The van der Waals surface area contributed by atoms with E-state index in [2.05, 4.69) is 46.8 Å². The topological polar surface area (TPSA) is 54.9 Å². The smallest absolute Gasteiger partial charge is 0.191 e. The lowest BCUT2D eigenvalue weighted by molar-refractivity contribution is 0.0511. The van der Waals surface area contributed by atoms with Gasteiger partial charge < -0.3 is 20.1 Å². The van der Waals surface area contributed by atoms with Crippen molar-refractivity contribution in [3.8, 4) is 0 Å². The largest absolute Gasteiger partial charge is 0.382 e. The standard InChI is InChI=1S/C20H33N3O2/c1-4-24-13-7-12-22-19(21-3)23-16-20(10-14-25-15-11-20)18-9-6-5-8-17(18)2/h5-6,8-9H,4,7,10-16H2,1-3H3,(H2,21,22,23). The molecule has 0 aromatic heterocycles. The van der Waals surface area contributed by atoms with E-state index in [0.717, 1.165) is 64.7 Å². The van der Waals surface area contributed by atoms with Gasteiger partial charge in [0.2, 0.25) is 0 Å². The second-order valence-corrected chi connectivity index (χ2v) is 6.61. The highest BCUT2D eigenvalue weighted by Gasteiger charge is 2.35. The fraction of sp³-hybridized carbons (Fsp3) is 0.650.